The third-order valence-electron chi connectivity index (χ3n) is 7.12. The third-order valence-corrected chi connectivity index (χ3v) is 10.3. The van der Waals surface area contributed by atoms with Crippen LogP contribution >= 0.6 is 25.8 Å². The molecule has 0 saturated carbocycles. The van der Waals surface area contributed by atoms with Crippen molar-refractivity contribution >= 4 is 59.8 Å². The fraction of sp³-hybridized carbons (Fsp3) is 0.500. The lowest BCUT2D eigenvalue weighted by Gasteiger charge is -2.27. The second-order valence-corrected chi connectivity index (χ2v) is 15.4. The van der Waals surface area contributed by atoms with Gasteiger partial charge in [0.1, 0.15) is 48.5 Å². The van der Waals surface area contributed by atoms with Gasteiger partial charge in [-0.15, -0.1) is 0 Å². The van der Waals surface area contributed by atoms with Crippen LogP contribution in [0.3, 0.4) is 0 Å². The number of aliphatic hydroxyl groups is 2. The highest BCUT2D eigenvalue weighted by molar-refractivity contribution is 8.44. The van der Waals surface area contributed by atoms with Crippen LogP contribution in [-0.2, 0) is 43.9 Å². The van der Waals surface area contributed by atoms with Crippen molar-refractivity contribution in [2.75, 3.05) is 13.2 Å². The zero-order chi connectivity index (χ0) is 30.1. The molecule has 0 aromatic carbocycles. The van der Waals surface area contributed by atoms with E-state index < -0.39 is 81.4 Å². The number of ether oxygens (including phenoxy) is 2. The van der Waals surface area contributed by atoms with Gasteiger partial charge in [-0.2, -0.15) is 5.10 Å². The molecule has 4 aromatic rings. The van der Waals surface area contributed by atoms with Gasteiger partial charge in [-0.05, 0) is 11.8 Å². The van der Waals surface area contributed by atoms with Crippen LogP contribution in [0.25, 0.3) is 22.2 Å². The maximum absolute atomic E-state index is 13.5. The second kappa shape index (κ2) is 11.0. The van der Waals surface area contributed by atoms with Gasteiger partial charge in [-0.3, -0.25) is 27.5 Å². The number of imidazole rings is 2. The molecule has 10 atom stereocenters. The van der Waals surface area contributed by atoms with Crippen LogP contribution in [0, 0.1) is 0 Å². The number of hydrogen-bond donors (Lipinski definition) is 5. The summed E-state index contributed by atoms with van der Waals surface area (Å²) >= 11 is 9.30. The number of thiol groups is 1. The Morgan fingerprint density at radius 3 is 2.58 bits per heavy atom. The molecule has 230 valence electrons. The number of aromatic amines is 1. The van der Waals surface area contributed by atoms with Crippen LogP contribution in [0.5, 0.6) is 0 Å². The number of aromatic nitrogens is 8. The topological polar surface area (TPSA) is 240 Å². The van der Waals surface area contributed by atoms with Crippen molar-refractivity contribution in [2.45, 2.75) is 49.1 Å². The van der Waals surface area contributed by atoms with Crippen LogP contribution in [0.4, 0.5) is 0 Å². The van der Waals surface area contributed by atoms with E-state index in [9.17, 15) is 24.5 Å². The SMILES string of the molecule is O=c1[nH]ncc2c1ncn2[C@@H]1O[C@@H]2COP(O)(=S)O[C@H]3[C@@H](O)[C@H](n4cnc5cncnc54)O[C@@H]3COP(=O)(S)O[C@@H]1[C@@H]2O. The van der Waals surface area contributed by atoms with Crippen molar-refractivity contribution in [2.24, 2.45) is 0 Å². The molecule has 0 aliphatic carbocycles. The minimum Gasteiger partial charge on any atom is -0.387 e. The Kier molecular flexibility index (Phi) is 7.53. The van der Waals surface area contributed by atoms with E-state index in [1.54, 1.807) is 0 Å². The Hall–Kier alpha value is -2.23. The first-order chi connectivity index (χ1) is 20.5. The largest absolute Gasteiger partial charge is 0.387 e. The number of rotatable bonds is 2. The molecule has 3 aliphatic rings. The lowest BCUT2D eigenvalue weighted by Crippen LogP contribution is -2.36. The monoisotopic (exact) mass is 676 g/mol. The normalized spacial score (nSPS) is 38.9. The van der Waals surface area contributed by atoms with Crippen molar-refractivity contribution in [3.8, 4) is 0 Å². The van der Waals surface area contributed by atoms with Crippen molar-refractivity contribution in [1.29, 1.82) is 0 Å². The minimum atomic E-state index is -4.31. The first kappa shape index (κ1) is 29.5. The van der Waals surface area contributed by atoms with Crippen molar-refractivity contribution < 1.29 is 47.2 Å². The molecule has 43 heavy (non-hydrogen) atoms. The summed E-state index contributed by atoms with van der Waals surface area (Å²) in [4.78, 5) is 39.5. The van der Waals surface area contributed by atoms with Gasteiger partial charge in [-0.1, -0.05) is 12.2 Å². The molecule has 2 bridgehead atoms. The van der Waals surface area contributed by atoms with E-state index in [2.05, 4.69) is 42.4 Å². The van der Waals surface area contributed by atoms with Crippen molar-refractivity contribution in [3.63, 3.8) is 0 Å². The van der Waals surface area contributed by atoms with Gasteiger partial charge in [-0.25, -0.2) is 29.6 Å². The quantitative estimate of drug-likeness (QED) is 0.133. The smallest absolute Gasteiger partial charge is 0.386 e. The Balaban J connectivity index is 1.20. The first-order valence-electron chi connectivity index (χ1n) is 12.5. The van der Waals surface area contributed by atoms with E-state index in [-0.39, 0.29) is 11.0 Å². The molecule has 0 amide bonds. The Morgan fingerprint density at radius 2 is 1.74 bits per heavy atom. The van der Waals surface area contributed by atoms with E-state index in [0.29, 0.717) is 11.2 Å². The van der Waals surface area contributed by atoms with E-state index >= 15 is 0 Å². The van der Waals surface area contributed by atoms with Gasteiger partial charge < -0.3 is 29.1 Å². The van der Waals surface area contributed by atoms with Gasteiger partial charge in [0, 0.05) is 0 Å². The van der Waals surface area contributed by atoms with Crippen molar-refractivity contribution in [1.82, 2.24) is 39.3 Å². The summed E-state index contributed by atoms with van der Waals surface area (Å²) in [5, 5.41) is 28.4. The average Bonchev–Trinajstić information content (AvgIpc) is 3.72. The predicted molar refractivity (Wildman–Crippen MR) is 148 cm³/mol. The summed E-state index contributed by atoms with van der Waals surface area (Å²) in [6.07, 6.45) is -3.74. The molecule has 4 N–H and O–H groups in total. The Labute approximate surface area is 250 Å². The summed E-state index contributed by atoms with van der Waals surface area (Å²) in [5.41, 5.74) is 0.451. The molecule has 19 nitrogen and oxygen atoms in total. The summed E-state index contributed by atoms with van der Waals surface area (Å²) in [5.74, 6) is 0. The lowest BCUT2D eigenvalue weighted by molar-refractivity contribution is -0.0587. The standard InChI is InChI=1S/C20H22N8O11P2S2/c29-13-10-3-34-40(32,42)38-15-11(37-19(14(15)30)28-6-23-8-1-21-5-22-17(8)28)4-35-41(33,43)39-16(13)20(36-10)27-7-24-12-9(27)2-25-26-18(12)31/h1-2,5-7,10-11,13-16,19-20,29-30H,3-4H2,(H,26,31)(H,32,42)(H,33,43)/t10-,11-,13-,14-,15-,16-,19-,20-,40?,41?/m1/s1. The van der Waals surface area contributed by atoms with Crippen LogP contribution in [0.2, 0.25) is 0 Å². The van der Waals surface area contributed by atoms with E-state index in [4.69, 9.17) is 39.4 Å². The first-order valence-corrected chi connectivity index (χ1v) is 17.8. The van der Waals surface area contributed by atoms with Crippen LogP contribution < -0.4 is 5.56 Å². The molecule has 4 aromatic heterocycles. The number of fused-ring (bicyclic) bond motifs is 5. The number of nitrogens with one attached hydrogen (secondary N) is 1. The molecule has 23 heteroatoms. The fourth-order valence-corrected chi connectivity index (χ4v) is 8.07. The summed E-state index contributed by atoms with van der Waals surface area (Å²) in [6, 6.07) is 0. The molecule has 0 spiro atoms. The Morgan fingerprint density at radius 1 is 0.977 bits per heavy atom. The molecule has 7 rings (SSSR count). The second-order valence-electron chi connectivity index (χ2n) is 9.75. The zero-order valence-electron chi connectivity index (χ0n) is 21.4. The highest BCUT2D eigenvalue weighted by atomic mass is 32.7. The molecule has 3 saturated heterocycles. The highest BCUT2D eigenvalue weighted by Crippen LogP contribution is 2.58. The summed E-state index contributed by atoms with van der Waals surface area (Å²) in [6.45, 7) is -9.47. The molecule has 3 aliphatic heterocycles. The van der Waals surface area contributed by atoms with Crippen molar-refractivity contribution in [3.05, 3.63) is 41.7 Å². The molecular formula is C20H22N8O11P2S2. The zero-order valence-corrected chi connectivity index (χ0v) is 24.9. The maximum Gasteiger partial charge on any atom is 0.386 e. The fourth-order valence-electron chi connectivity index (χ4n) is 5.16. The lowest BCUT2D eigenvalue weighted by atomic mass is 10.1. The number of H-pyrrole nitrogens is 1. The average molecular weight is 677 g/mol. The maximum atomic E-state index is 13.5. The minimum absolute atomic E-state index is 0.0279. The van der Waals surface area contributed by atoms with Gasteiger partial charge >= 0.3 is 13.5 Å². The molecule has 2 unspecified atom stereocenters. The number of hydrogen-bond acceptors (Lipinski definition) is 16. The molecular weight excluding hydrogens is 654 g/mol. The van der Waals surface area contributed by atoms with Gasteiger partial charge in [0.15, 0.2) is 23.6 Å². The Bertz CT molecular complexity index is 1840. The summed E-state index contributed by atoms with van der Waals surface area (Å²) < 4.78 is 50.7. The van der Waals surface area contributed by atoms with Crippen LogP contribution in [-0.4, -0.2) is 104 Å². The van der Waals surface area contributed by atoms with Gasteiger partial charge in [0.2, 0.25) is 0 Å². The van der Waals surface area contributed by atoms with Gasteiger partial charge in [0.05, 0.1) is 43.8 Å². The molecule has 3 fully saturated rings. The summed E-state index contributed by atoms with van der Waals surface area (Å²) in [7, 11) is 0. The van der Waals surface area contributed by atoms with E-state index in [0.717, 1.165) is 0 Å². The molecule has 0 radical (unpaired) electrons. The van der Waals surface area contributed by atoms with E-state index in [1.165, 1.54) is 40.5 Å². The van der Waals surface area contributed by atoms with Crippen LogP contribution in [0.1, 0.15) is 12.5 Å². The van der Waals surface area contributed by atoms with E-state index in [1.807, 2.05) is 0 Å². The number of aliphatic hydroxyl groups excluding tert-OH is 2. The molecule has 7 heterocycles. The number of nitrogens with zero attached hydrogens (tertiary/aromatic N) is 7. The van der Waals surface area contributed by atoms with Gasteiger partial charge in [0.25, 0.3) is 5.56 Å². The third kappa shape index (κ3) is 5.37. The highest BCUT2D eigenvalue weighted by Gasteiger charge is 2.52. The van der Waals surface area contributed by atoms with Crippen LogP contribution in [0.15, 0.2) is 36.2 Å². The predicted octanol–water partition coefficient (Wildman–Crippen LogP) is -0.452.